The van der Waals surface area contributed by atoms with Crippen LogP contribution in [0.25, 0.3) is 10.9 Å². The van der Waals surface area contributed by atoms with Crippen molar-refractivity contribution in [1.29, 1.82) is 0 Å². The van der Waals surface area contributed by atoms with Crippen LogP contribution >= 0.6 is 0 Å². The van der Waals surface area contributed by atoms with E-state index in [1.807, 2.05) is 50.5 Å². The third kappa shape index (κ3) is 4.52. The van der Waals surface area contributed by atoms with Gasteiger partial charge in [-0.2, -0.15) is 4.99 Å². The Morgan fingerprint density at radius 2 is 1.93 bits per heavy atom. The molecule has 0 bridgehead atoms. The molecule has 4 rings (SSSR count). The van der Waals surface area contributed by atoms with Crippen molar-refractivity contribution < 1.29 is 9.47 Å². The summed E-state index contributed by atoms with van der Waals surface area (Å²) in [4.78, 5) is 15.7. The van der Waals surface area contributed by atoms with Crippen LogP contribution in [0.2, 0.25) is 0 Å². The highest BCUT2D eigenvalue weighted by Gasteiger charge is 2.15. The molecule has 0 atom stereocenters. The highest BCUT2D eigenvalue weighted by molar-refractivity contribution is 5.92. The number of nitrogens with one attached hydrogen (secondary N) is 1. The molecule has 9 heteroatoms. The Morgan fingerprint density at radius 1 is 1.10 bits per heavy atom. The topological polar surface area (TPSA) is 124 Å². The van der Waals surface area contributed by atoms with Crippen molar-refractivity contribution in [2.75, 3.05) is 39.3 Å². The van der Waals surface area contributed by atoms with Gasteiger partial charge in [-0.3, -0.25) is 0 Å². The molecule has 2 heterocycles. The first kappa shape index (κ1) is 19.7. The van der Waals surface area contributed by atoms with Gasteiger partial charge < -0.3 is 31.2 Å². The van der Waals surface area contributed by atoms with E-state index in [-0.39, 0.29) is 12.8 Å². The fourth-order valence-corrected chi connectivity index (χ4v) is 3.21. The second-order valence-electron chi connectivity index (χ2n) is 7.33. The van der Waals surface area contributed by atoms with Crippen LogP contribution in [0, 0.1) is 0 Å². The number of ether oxygens (including phenoxy) is 2. The SMILES string of the molecule is CN(C)CCNc1ccc2c(N=C(N)N)nc(Cc3ccc4c(c3)OCO4)nc2c1. The molecule has 30 heavy (non-hydrogen) atoms. The van der Waals surface area contributed by atoms with Crippen LogP contribution in [0.3, 0.4) is 0 Å². The quantitative estimate of drug-likeness (QED) is 0.400. The summed E-state index contributed by atoms with van der Waals surface area (Å²) in [6.07, 6.45) is 0.512. The van der Waals surface area contributed by atoms with Gasteiger partial charge in [-0.05, 0) is 50.0 Å². The second-order valence-corrected chi connectivity index (χ2v) is 7.33. The van der Waals surface area contributed by atoms with E-state index in [0.717, 1.165) is 46.7 Å². The van der Waals surface area contributed by atoms with Crippen LogP contribution in [0.1, 0.15) is 11.4 Å². The fraction of sp³-hybridized carbons (Fsp3) is 0.286. The summed E-state index contributed by atoms with van der Waals surface area (Å²) >= 11 is 0. The monoisotopic (exact) mass is 407 g/mol. The molecular weight excluding hydrogens is 382 g/mol. The molecule has 5 N–H and O–H groups in total. The third-order valence-electron chi connectivity index (χ3n) is 4.65. The summed E-state index contributed by atoms with van der Waals surface area (Å²) in [6, 6.07) is 11.7. The lowest BCUT2D eigenvalue weighted by Gasteiger charge is -2.12. The van der Waals surface area contributed by atoms with Gasteiger partial charge in [0.15, 0.2) is 23.3 Å². The average molecular weight is 407 g/mol. The zero-order chi connectivity index (χ0) is 21.1. The average Bonchev–Trinajstić information content (AvgIpc) is 3.15. The largest absolute Gasteiger partial charge is 0.454 e. The minimum Gasteiger partial charge on any atom is -0.454 e. The van der Waals surface area contributed by atoms with Crippen molar-refractivity contribution >= 4 is 28.4 Å². The number of hydrogen-bond acceptors (Lipinski definition) is 7. The molecule has 1 aromatic heterocycles. The lowest BCUT2D eigenvalue weighted by atomic mass is 10.1. The molecule has 0 unspecified atom stereocenters. The zero-order valence-corrected chi connectivity index (χ0v) is 17.1. The minimum absolute atomic E-state index is 0.0442. The van der Waals surface area contributed by atoms with Crippen LogP contribution in [-0.2, 0) is 6.42 Å². The van der Waals surface area contributed by atoms with Crippen LogP contribution in [0.15, 0.2) is 41.4 Å². The first-order chi connectivity index (χ1) is 14.5. The van der Waals surface area contributed by atoms with Gasteiger partial charge in [-0.1, -0.05) is 6.07 Å². The molecule has 9 nitrogen and oxygen atoms in total. The van der Waals surface area contributed by atoms with Crippen molar-refractivity contribution in [1.82, 2.24) is 14.9 Å². The summed E-state index contributed by atoms with van der Waals surface area (Å²) in [7, 11) is 4.08. The summed E-state index contributed by atoms with van der Waals surface area (Å²) in [5.41, 5.74) is 14.0. The summed E-state index contributed by atoms with van der Waals surface area (Å²) in [6.45, 7) is 1.99. The molecule has 1 aliphatic heterocycles. The number of rotatable bonds is 7. The smallest absolute Gasteiger partial charge is 0.231 e. The molecule has 0 saturated carbocycles. The lowest BCUT2D eigenvalue weighted by molar-refractivity contribution is 0.174. The first-order valence-electron chi connectivity index (χ1n) is 9.65. The van der Waals surface area contributed by atoms with Gasteiger partial charge in [0.05, 0.1) is 5.52 Å². The molecule has 0 fully saturated rings. The van der Waals surface area contributed by atoms with E-state index in [4.69, 9.17) is 25.9 Å². The first-order valence-corrected chi connectivity index (χ1v) is 9.65. The minimum atomic E-state index is -0.0442. The molecule has 0 amide bonds. The number of guanidine groups is 1. The van der Waals surface area contributed by atoms with Gasteiger partial charge in [-0.15, -0.1) is 0 Å². The molecule has 156 valence electrons. The normalized spacial score (nSPS) is 12.4. The van der Waals surface area contributed by atoms with E-state index in [9.17, 15) is 0 Å². The molecule has 0 aliphatic carbocycles. The van der Waals surface area contributed by atoms with Gasteiger partial charge in [0.2, 0.25) is 6.79 Å². The van der Waals surface area contributed by atoms with Gasteiger partial charge in [0, 0.05) is 30.6 Å². The van der Waals surface area contributed by atoms with Crippen LogP contribution in [0.5, 0.6) is 11.5 Å². The van der Waals surface area contributed by atoms with E-state index in [1.165, 1.54) is 0 Å². The molecular formula is C21H25N7O2. The number of anilines is 1. The van der Waals surface area contributed by atoms with Gasteiger partial charge in [-0.25, -0.2) is 9.97 Å². The number of nitrogens with two attached hydrogens (primary N) is 2. The maximum atomic E-state index is 5.62. The second kappa shape index (κ2) is 8.42. The number of benzene rings is 2. The van der Waals surface area contributed by atoms with Crippen LogP contribution < -0.4 is 26.3 Å². The van der Waals surface area contributed by atoms with Gasteiger partial charge in [0.25, 0.3) is 0 Å². The van der Waals surface area contributed by atoms with E-state index in [2.05, 4.69) is 20.2 Å². The van der Waals surface area contributed by atoms with Crippen molar-refractivity contribution in [3.05, 3.63) is 47.8 Å². The van der Waals surface area contributed by atoms with E-state index >= 15 is 0 Å². The Kier molecular flexibility index (Phi) is 5.53. The summed E-state index contributed by atoms with van der Waals surface area (Å²) in [5, 5.41) is 4.20. The maximum Gasteiger partial charge on any atom is 0.231 e. The van der Waals surface area contributed by atoms with Crippen molar-refractivity contribution in [3.8, 4) is 11.5 Å². The predicted octanol–water partition coefficient (Wildman–Crippen LogP) is 1.83. The Bertz CT molecular complexity index is 1090. The molecule has 0 radical (unpaired) electrons. The number of hydrogen-bond donors (Lipinski definition) is 3. The standard InChI is InChI=1S/C21H25N7O2/c1-28(2)8-7-24-14-4-5-15-16(11-14)25-19(26-20(15)27-21(22)23)10-13-3-6-17-18(9-13)30-12-29-17/h3-6,9,11,24H,7-8,10,12H2,1-2H3,(H4,22,23,25,26,27). The van der Waals surface area contributed by atoms with Crippen molar-refractivity contribution in [3.63, 3.8) is 0 Å². The Morgan fingerprint density at radius 3 is 2.73 bits per heavy atom. The molecule has 0 saturated heterocycles. The van der Waals surface area contributed by atoms with E-state index in [1.54, 1.807) is 0 Å². The molecule has 2 aromatic carbocycles. The van der Waals surface area contributed by atoms with Crippen LogP contribution in [0.4, 0.5) is 11.5 Å². The molecule has 1 aliphatic rings. The van der Waals surface area contributed by atoms with E-state index < -0.39 is 0 Å². The zero-order valence-electron chi connectivity index (χ0n) is 17.1. The third-order valence-corrected chi connectivity index (χ3v) is 4.65. The number of nitrogens with zero attached hydrogens (tertiary/aromatic N) is 4. The molecule has 3 aromatic rings. The van der Waals surface area contributed by atoms with Crippen molar-refractivity contribution in [2.24, 2.45) is 16.5 Å². The Balaban J connectivity index is 1.67. The highest BCUT2D eigenvalue weighted by Crippen LogP contribution is 2.33. The Labute approximate surface area is 174 Å². The van der Waals surface area contributed by atoms with Gasteiger partial charge in [0.1, 0.15) is 5.82 Å². The maximum absolute atomic E-state index is 5.62. The molecule has 0 spiro atoms. The highest BCUT2D eigenvalue weighted by atomic mass is 16.7. The number of aliphatic imine (C=N–C) groups is 1. The summed E-state index contributed by atoms with van der Waals surface area (Å²) < 4.78 is 10.8. The van der Waals surface area contributed by atoms with Gasteiger partial charge >= 0.3 is 0 Å². The number of likely N-dealkylation sites (N-methyl/N-ethyl adjacent to an activating group) is 1. The van der Waals surface area contributed by atoms with E-state index in [0.29, 0.717) is 18.1 Å². The lowest BCUT2D eigenvalue weighted by Crippen LogP contribution is -2.22. The number of aromatic nitrogens is 2. The Hall–Kier alpha value is -3.59. The predicted molar refractivity (Wildman–Crippen MR) is 117 cm³/mol. The number of fused-ring (bicyclic) bond motifs is 2. The fourth-order valence-electron chi connectivity index (χ4n) is 3.21. The van der Waals surface area contributed by atoms with Crippen molar-refractivity contribution in [2.45, 2.75) is 6.42 Å². The summed E-state index contributed by atoms with van der Waals surface area (Å²) in [5.74, 6) is 2.50. The van der Waals surface area contributed by atoms with Crippen LogP contribution in [-0.4, -0.2) is 54.8 Å².